The van der Waals surface area contributed by atoms with Crippen molar-refractivity contribution in [3.05, 3.63) is 121 Å². The van der Waals surface area contributed by atoms with Crippen molar-refractivity contribution >= 4 is 36.5 Å². The molecule has 0 aliphatic heterocycles. The summed E-state index contributed by atoms with van der Waals surface area (Å²) in [5.41, 5.74) is 0.588. The highest BCUT2D eigenvalue weighted by atomic mass is 31.1. The van der Waals surface area contributed by atoms with E-state index in [2.05, 4.69) is 91.0 Å². The Kier molecular flexibility index (Phi) is 11.8. The standard InChI is InChI=1S/C18H15P.C8H8O2.C3H7NO/c1-4-10-16(11-5-1)19(17-12-6-2-7-13-17)18-14-8-3-9-15-18;1-10-8-5-3-2-4-7(8)6-9;1-4(2)3-5/h1-15H;2-6H,1H3;3H,1-2H3. The summed E-state index contributed by atoms with van der Waals surface area (Å²) < 4.78 is 4.90. The lowest BCUT2D eigenvalue weighted by Crippen LogP contribution is -2.20. The van der Waals surface area contributed by atoms with Crippen LogP contribution < -0.4 is 20.7 Å². The highest BCUT2D eigenvalue weighted by molar-refractivity contribution is 7.79. The van der Waals surface area contributed by atoms with Crippen LogP contribution in [0.1, 0.15) is 10.4 Å². The number of carbonyl (C=O) groups excluding carboxylic acids is 2. The van der Waals surface area contributed by atoms with Crippen molar-refractivity contribution in [2.45, 2.75) is 0 Å². The van der Waals surface area contributed by atoms with Crippen LogP contribution >= 0.6 is 7.92 Å². The molecule has 0 fully saturated rings. The van der Waals surface area contributed by atoms with Gasteiger partial charge in [-0.05, 0) is 36.0 Å². The zero-order valence-corrected chi connectivity index (χ0v) is 20.6. The van der Waals surface area contributed by atoms with Crippen molar-refractivity contribution in [2.24, 2.45) is 0 Å². The van der Waals surface area contributed by atoms with Crippen LogP contribution in [0.2, 0.25) is 0 Å². The molecule has 5 heteroatoms. The average molecular weight is 472 g/mol. The summed E-state index contributed by atoms with van der Waals surface area (Å²) in [6.45, 7) is 0. The highest BCUT2D eigenvalue weighted by Crippen LogP contribution is 2.32. The first-order valence-corrected chi connectivity index (χ1v) is 12.1. The smallest absolute Gasteiger partial charge is 0.209 e. The minimum atomic E-state index is -0.446. The number of ether oxygens (including phenoxy) is 1. The zero-order valence-electron chi connectivity index (χ0n) is 19.7. The minimum Gasteiger partial charge on any atom is -0.496 e. The molecule has 0 saturated heterocycles. The number of methoxy groups -OCH3 is 1. The predicted molar refractivity (Wildman–Crippen MR) is 143 cm³/mol. The van der Waals surface area contributed by atoms with Crippen LogP contribution in [-0.2, 0) is 4.79 Å². The van der Waals surface area contributed by atoms with Crippen LogP contribution in [0.3, 0.4) is 0 Å². The van der Waals surface area contributed by atoms with E-state index in [0.29, 0.717) is 11.3 Å². The normalized spacial score (nSPS) is 9.53. The zero-order chi connectivity index (χ0) is 24.6. The van der Waals surface area contributed by atoms with Gasteiger partial charge in [0.2, 0.25) is 6.41 Å². The molecule has 4 aromatic carbocycles. The van der Waals surface area contributed by atoms with E-state index in [4.69, 9.17) is 4.74 Å². The molecule has 4 rings (SSSR count). The molecule has 34 heavy (non-hydrogen) atoms. The van der Waals surface area contributed by atoms with Crippen LogP contribution in [0.25, 0.3) is 0 Å². The third-order valence-corrected chi connectivity index (χ3v) is 6.96. The van der Waals surface area contributed by atoms with Gasteiger partial charge in [0.05, 0.1) is 12.7 Å². The number of benzene rings is 4. The van der Waals surface area contributed by atoms with Gasteiger partial charge < -0.3 is 9.64 Å². The summed E-state index contributed by atoms with van der Waals surface area (Å²) in [6, 6.07) is 39.4. The molecule has 0 atom stereocenters. The molecule has 1 amide bonds. The molecule has 174 valence electrons. The van der Waals surface area contributed by atoms with E-state index in [1.807, 2.05) is 6.07 Å². The van der Waals surface area contributed by atoms with Gasteiger partial charge in [-0.15, -0.1) is 0 Å². The van der Waals surface area contributed by atoms with Crippen LogP contribution in [0.5, 0.6) is 5.75 Å². The van der Waals surface area contributed by atoms with Crippen LogP contribution in [0, 0.1) is 0 Å². The second-order valence-corrected chi connectivity index (χ2v) is 9.49. The third-order valence-electron chi connectivity index (χ3n) is 4.52. The van der Waals surface area contributed by atoms with Crippen molar-refractivity contribution in [1.82, 2.24) is 4.90 Å². The predicted octanol–water partition coefficient (Wildman–Crippen LogP) is 4.66. The fourth-order valence-corrected chi connectivity index (χ4v) is 5.25. The van der Waals surface area contributed by atoms with Crippen LogP contribution in [0.15, 0.2) is 115 Å². The highest BCUT2D eigenvalue weighted by Gasteiger charge is 2.14. The van der Waals surface area contributed by atoms with Crippen LogP contribution in [-0.4, -0.2) is 38.8 Å². The number of hydrogen-bond acceptors (Lipinski definition) is 3. The van der Waals surface area contributed by atoms with E-state index >= 15 is 0 Å². The second-order valence-electron chi connectivity index (χ2n) is 7.27. The SMILES string of the molecule is CN(C)C=O.COc1ccccc1C=O.c1ccc(P(c2ccccc2)c2ccccc2)cc1. The summed E-state index contributed by atoms with van der Waals surface area (Å²) in [7, 11) is 4.47. The fourth-order valence-electron chi connectivity index (χ4n) is 2.94. The van der Waals surface area contributed by atoms with Gasteiger partial charge in [-0.25, -0.2) is 0 Å². The van der Waals surface area contributed by atoms with E-state index in [-0.39, 0.29) is 0 Å². The monoisotopic (exact) mass is 471 g/mol. The first kappa shape index (κ1) is 26.5. The Hall–Kier alpha value is -3.75. The Morgan fingerprint density at radius 2 is 0.971 bits per heavy atom. The Bertz CT molecular complexity index is 1010. The average Bonchev–Trinajstić information content (AvgIpc) is 2.91. The molecule has 0 unspecified atom stereocenters. The fraction of sp³-hybridized carbons (Fsp3) is 0.103. The van der Waals surface area contributed by atoms with Crippen LogP contribution in [0.4, 0.5) is 0 Å². The molecule has 4 aromatic rings. The van der Waals surface area contributed by atoms with Gasteiger partial charge in [0.1, 0.15) is 5.75 Å². The molecule has 0 heterocycles. The topological polar surface area (TPSA) is 46.6 Å². The lowest BCUT2D eigenvalue weighted by atomic mass is 10.2. The largest absolute Gasteiger partial charge is 0.496 e. The molecule has 0 aromatic heterocycles. The molecule has 0 N–H and O–H groups in total. The number of amides is 1. The quantitative estimate of drug-likeness (QED) is 0.304. The first-order valence-electron chi connectivity index (χ1n) is 10.8. The van der Waals surface area contributed by atoms with Crippen molar-refractivity contribution in [3.63, 3.8) is 0 Å². The summed E-state index contributed by atoms with van der Waals surface area (Å²) in [5, 5.41) is 4.19. The van der Waals surface area contributed by atoms with E-state index in [9.17, 15) is 9.59 Å². The maximum atomic E-state index is 10.3. The molecule has 0 spiro atoms. The van der Waals surface area contributed by atoms with E-state index in [1.165, 1.54) is 20.8 Å². The lowest BCUT2D eigenvalue weighted by Gasteiger charge is -2.18. The van der Waals surface area contributed by atoms with Crippen molar-refractivity contribution in [1.29, 1.82) is 0 Å². The molecule has 0 bridgehead atoms. The maximum absolute atomic E-state index is 10.3. The number of aldehydes is 1. The first-order chi connectivity index (χ1) is 16.6. The van der Waals surface area contributed by atoms with Gasteiger partial charge in [-0.1, -0.05) is 103 Å². The summed E-state index contributed by atoms with van der Waals surface area (Å²) >= 11 is 0. The molecular formula is C29H30NO3P. The minimum absolute atomic E-state index is 0.446. The van der Waals surface area contributed by atoms with E-state index < -0.39 is 7.92 Å². The van der Waals surface area contributed by atoms with E-state index in [0.717, 1.165) is 12.7 Å². The molecule has 0 aliphatic carbocycles. The van der Waals surface area contributed by atoms with E-state index in [1.54, 1.807) is 39.4 Å². The Balaban J connectivity index is 0.000000228. The summed E-state index contributed by atoms with van der Waals surface area (Å²) in [6.07, 6.45) is 1.53. The van der Waals surface area contributed by atoms with Crippen molar-refractivity contribution in [2.75, 3.05) is 21.2 Å². The number of para-hydroxylation sites is 1. The molecule has 4 nitrogen and oxygen atoms in total. The molecule has 0 aliphatic rings. The Labute approximate surface area is 203 Å². The number of carbonyl (C=O) groups is 2. The lowest BCUT2D eigenvalue weighted by molar-refractivity contribution is -0.115. The van der Waals surface area contributed by atoms with Gasteiger partial charge in [-0.3, -0.25) is 9.59 Å². The molecular weight excluding hydrogens is 441 g/mol. The molecule has 0 radical (unpaired) electrons. The van der Waals surface area contributed by atoms with Crippen molar-refractivity contribution < 1.29 is 14.3 Å². The molecule has 0 saturated carbocycles. The number of rotatable bonds is 6. The second kappa shape index (κ2) is 15.2. The van der Waals surface area contributed by atoms with Gasteiger partial charge in [0.25, 0.3) is 0 Å². The van der Waals surface area contributed by atoms with Gasteiger partial charge in [-0.2, -0.15) is 0 Å². The maximum Gasteiger partial charge on any atom is 0.209 e. The van der Waals surface area contributed by atoms with Gasteiger partial charge >= 0.3 is 0 Å². The van der Waals surface area contributed by atoms with Crippen molar-refractivity contribution in [3.8, 4) is 5.75 Å². The Morgan fingerprint density at radius 3 is 1.26 bits per heavy atom. The van der Waals surface area contributed by atoms with Gasteiger partial charge in [0.15, 0.2) is 6.29 Å². The van der Waals surface area contributed by atoms with Gasteiger partial charge in [0, 0.05) is 14.1 Å². The Morgan fingerprint density at radius 1 is 0.618 bits per heavy atom. The summed E-state index contributed by atoms with van der Waals surface area (Å²) in [4.78, 5) is 21.2. The summed E-state index contributed by atoms with van der Waals surface area (Å²) in [5.74, 6) is 0.623. The number of nitrogens with zero attached hydrogens (tertiary/aromatic N) is 1. The number of hydrogen-bond donors (Lipinski definition) is 0. The third kappa shape index (κ3) is 8.65.